The summed E-state index contributed by atoms with van der Waals surface area (Å²) in [6.07, 6.45) is 4.06. The molecule has 0 bridgehead atoms. The Hall–Kier alpha value is 0.0649. The number of hydrogen-bond donors (Lipinski definition) is 0. The molecule has 0 fully saturated rings. The van der Waals surface area contributed by atoms with E-state index in [-0.39, 0.29) is 0 Å². The van der Waals surface area contributed by atoms with Gasteiger partial charge in [-0.15, -0.1) is 0 Å². The van der Waals surface area contributed by atoms with Crippen LogP contribution in [0.2, 0.25) is 5.82 Å². The molecule has 2 atom stereocenters. The second kappa shape index (κ2) is 5.41. The van der Waals surface area contributed by atoms with Crippen LogP contribution in [0.4, 0.5) is 0 Å². The van der Waals surface area contributed by atoms with Crippen LogP contribution in [-0.2, 0) is 0 Å². The Labute approximate surface area is 98.6 Å². The highest BCUT2D eigenvalue weighted by Crippen LogP contribution is 2.44. The van der Waals surface area contributed by atoms with E-state index in [2.05, 4.69) is 56.3 Å². The maximum Gasteiger partial charge on any atom is 0.105 e. The van der Waals surface area contributed by atoms with E-state index in [1.807, 2.05) is 0 Å². The van der Waals surface area contributed by atoms with E-state index in [0.717, 1.165) is 11.7 Å². The molecule has 0 aliphatic heterocycles. The zero-order valence-corrected chi connectivity index (χ0v) is 12.3. The second-order valence-corrected chi connectivity index (χ2v) is 7.17. The molecule has 15 heavy (non-hydrogen) atoms. The zero-order valence-electron chi connectivity index (χ0n) is 12.3. The molecule has 0 saturated heterocycles. The SMILES string of the molecule is BC(CCC)CC(C)(C)C(C)C(C)(C)C. The first-order valence-electron chi connectivity index (χ1n) is 6.61. The first-order chi connectivity index (χ1) is 6.61. The molecule has 0 amide bonds. The van der Waals surface area contributed by atoms with Crippen LogP contribution in [0, 0.1) is 16.7 Å². The van der Waals surface area contributed by atoms with Crippen LogP contribution in [0.3, 0.4) is 0 Å². The average Bonchev–Trinajstić information content (AvgIpc) is 2.00. The quantitative estimate of drug-likeness (QED) is 0.593. The van der Waals surface area contributed by atoms with Crippen molar-refractivity contribution >= 4 is 7.85 Å². The molecule has 0 aromatic heterocycles. The molecule has 0 rings (SSSR count). The van der Waals surface area contributed by atoms with Gasteiger partial charge in [-0.05, 0) is 16.7 Å². The van der Waals surface area contributed by atoms with Crippen molar-refractivity contribution in [3.63, 3.8) is 0 Å². The van der Waals surface area contributed by atoms with Crippen molar-refractivity contribution in [3.8, 4) is 0 Å². The summed E-state index contributed by atoms with van der Waals surface area (Å²) in [5, 5.41) is 0. The topological polar surface area (TPSA) is 0 Å². The molecule has 0 aromatic carbocycles. The average molecular weight is 210 g/mol. The van der Waals surface area contributed by atoms with E-state index in [9.17, 15) is 0 Å². The number of hydrogen-bond acceptors (Lipinski definition) is 0. The molecule has 0 aliphatic carbocycles. The molecule has 2 unspecified atom stereocenters. The van der Waals surface area contributed by atoms with Crippen LogP contribution in [0.15, 0.2) is 0 Å². The molecule has 0 nitrogen and oxygen atoms in total. The third-order valence-corrected chi connectivity index (χ3v) is 4.13. The van der Waals surface area contributed by atoms with E-state index in [4.69, 9.17) is 0 Å². The van der Waals surface area contributed by atoms with Crippen molar-refractivity contribution < 1.29 is 0 Å². The van der Waals surface area contributed by atoms with Crippen LogP contribution in [0.5, 0.6) is 0 Å². The van der Waals surface area contributed by atoms with Crippen LogP contribution < -0.4 is 0 Å². The molecule has 0 N–H and O–H groups in total. The predicted molar refractivity (Wildman–Crippen MR) is 74.2 cm³/mol. The van der Waals surface area contributed by atoms with Gasteiger partial charge in [0.1, 0.15) is 7.85 Å². The highest BCUT2D eigenvalue weighted by atomic mass is 14.4. The van der Waals surface area contributed by atoms with Gasteiger partial charge in [-0.25, -0.2) is 0 Å². The van der Waals surface area contributed by atoms with Gasteiger partial charge in [0.05, 0.1) is 0 Å². The smallest absolute Gasteiger partial charge is 0.0692 e. The fraction of sp³-hybridized carbons (Fsp3) is 1.00. The zero-order chi connectivity index (χ0) is 12.3. The lowest BCUT2D eigenvalue weighted by Crippen LogP contribution is -2.33. The molecule has 0 radical (unpaired) electrons. The van der Waals surface area contributed by atoms with Gasteiger partial charge in [-0.2, -0.15) is 0 Å². The molecular weight excluding hydrogens is 179 g/mol. The Bertz CT molecular complexity index is 176. The van der Waals surface area contributed by atoms with Gasteiger partial charge in [-0.3, -0.25) is 0 Å². The van der Waals surface area contributed by atoms with E-state index >= 15 is 0 Å². The standard InChI is InChI=1S/C14H31B/c1-8-9-12(15)10-14(6,7)11(2)13(3,4)5/h11-12H,8-10,15H2,1-7H3. The summed E-state index contributed by atoms with van der Waals surface area (Å²) in [6.45, 7) is 16.7. The van der Waals surface area contributed by atoms with Crippen molar-refractivity contribution in [2.45, 2.75) is 73.5 Å². The van der Waals surface area contributed by atoms with Crippen molar-refractivity contribution in [2.24, 2.45) is 16.7 Å². The highest BCUT2D eigenvalue weighted by molar-refractivity contribution is 6.11. The van der Waals surface area contributed by atoms with E-state index < -0.39 is 0 Å². The third kappa shape index (κ3) is 5.09. The van der Waals surface area contributed by atoms with E-state index in [1.165, 1.54) is 19.3 Å². The van der Waals surface area contributed by atoms with Gasteiger partial charge in [0.2, 0.25) is 0 Å². The van der Waals surface area contributed by atoms with Gasteiger partial charge in [-0.1, -0.05) is 73.5 Å². The first kappa shape index (κ1) is 15.1. The molecule has 0 heterocycles. The molecule has 0 spiro atoms. The van der Waals surface area contributed by atoms with E-state index in [1.54, 1.807) is 0 Å². The van der Waals surface area contributed by atoms with Crippen LogP contribution in [0.25, 0.3) is 0 Å². The largest absolute Gasteiger partial charge is 0.105 e. The van der Waals surface area contributed by atoms with Gasteiger partial charge in [0.15, 0.2) is 0 Å². The predicted octanol–water partition coefficient (Wildman–Crippen LogP) is 4.31. The van der Waals surface area contributed by atoms with Gasteiger partial charge in [0, 0.05) is 0 Å². The Kier molecular flexibility index (Phi) is 5.43. The molecule has 0 aromatic rings. The summed E-state index contributed by atoms with van der Waals surface area (Å²) in [7, 11) is 2.40. The minimum atomic E-state index is 0.426. The lowest BCUT2D eigenvalue weighted by molar-refractivity contribution is 0.0924. The first-order valence-corrected chi connectivity index (χ1v) is 6.61. The maximum absolute atomic E-state index is 2.44. The molecular formula is C14H31B. The maximum atomic E-state index is 2.44. The Balaban J connectivity index is 4.40. The lowest BCUT2D eigenvalue weighted by Gasteiger charge is -2.42. The third-order valence-electron chi connectivity index (χ3n) is 4.13. The fourth-order valence-electron chi connectivity index (χ4n) is 2.84. The summed E-state index contributed by atoms with van der Waals surface area (Å²) in [5.74, 6) is 1.64. The minimum absolute atomic E-state index is 0.426. The Morgan fingerprint density at radius 1 is 1.07 bits per heavy atom. The fourth-order valence-corrected chi connectivity index (χ4v) is 2.84. The Morgan fingerprint density at radius 2 is 1.53 bits per heavy atom. The van der Waals surface area contributed by atoms with Crippen molar-refractivity contribution in [1.82, 2.24) is 0 Å². The van der Waals surface area contributed by atoms with Crippen LogP contribution in [-0.4, -0.2) is 7.85 Å². The normalized spacial score (nSPS) is 17.5. The van der Waals surface area contributed by atoms with Crippen molar-refractivity contribution in [2.75, 3.05) is 0 Å². The Morgan fingerprint density at radius 3 is 1.87 bits per heavy atom. The van der Waals surface area contributed by atoms with Crippen LogP contribution in [0.1, 0.15) is 67.7 Å². The van der Waals surface area contributed by atoms with Gasteiger partial charge in [0.25, 0.3) is 0 Å². The summed E-state index contributed by atoms with van der Waals surface area (Å²) in [5.41, 5.74) is 0.891. The monoisotopic (exact) mass is 210 g/mol. The van der Waals surface area contributed by atoms with Crippen LogP contribution >= 0.6 is 0 Å². The van der Waals surface area contributed by atoms with Crippen molar-refractivity contribution in [1.29, 1.82) is 0 Å². The van der Waals surface area contributed by atoms with Gasteiger partial charge < -0.3 is 0 Å². The summed E-state index contributed by atoms with van der Waals surface area (Å²) in [6, 6.07) is 0. The summed E-state index contributed by atoms with van der Waals surface area (Å²) >= 11 is 0. The highest BCUT2D eigenvalue weighted by Gasteiger charge is 2.34. The second-order valence-electron chi connectivity index (χ2n) is 7.17. The minimum Gasteiger partial charge on any atom is -0.0692 e. The van der Waals surface area contributed by atoms with Crippen molar-refractivity contribution in [3.05, 3.63) is 0 Å². The molecule has 1 heteroatoms. The van der Waals surface area contributed by atoms with E-state index in [0.29, 0.717) is 10.8 Å². The molecule has 0 aliphatic rings. The molecule has 90 valence electrons. The summed E-state index contributed by atoms with van der Waals surface area (Å²) < 4.78 is 0. The van der Waals surface area contributed by atoms with Gasteiger partial charge >= 0.3 is 0 Å². The lowest BCUT2D eigenvalue weighted by atomic mass is 9.61. The number of rotatable bonds is 5. The summed E-state index contributed by atoms with van der Waals surface area (Å²) in [4.78, 5) is 0. The molecule has 0 saturated carbocycles.